The second-order valence-corrected chi connectivity index (χ2v) is 5.06. The number of benzene rings is 1. The van der Waals surface area contributed by atoms with Crippen molar-refractivity contribution in [2.45, 2.75) is 6.92 Å². The van der Waals surface area contributed by atoms with Gasteiger partial charge < -0.3 is 0 Å². The maximum Gasteiger partial charge on any atom is 0.221 e. The number of ketones is 2. The van der Waals surface area contributed by atoms with Crippen molar-refractivity contribution >= 4 is 27.5 Å². The van der Waals surface area contributed by atoms with Gasteiger partial charge >= 0.3 is 0 Å². The fraction of sp³-hybridized carbons (Fsp3) is 0.0714. The van der Waals surface area contributed by atoms with Crippen LogP contribution in [0.15, 0.2) is 46.6 Å². The van der Waals surface area contributed by atoms with Crippen molar-refractivity contribution in [1.82, 2.24) is 9.78 Å². The van der Waals surface area contributed by atoms with Gasteiger partial charge in [-0.3, -0.25) is 9.59 Å². The van der Waals surface area contributed by atoms with Crippen LogP contribution in [0.1, 0.15) is 27.8 Å². The Morgan fingerprint density at radius 1 is 1.11 bits per heavy atom. The predicted octanol–water partition coefficient (Wildman–Crippen LogP) is 2.92. The first kappa shape index (κ1) is 12.0. The summed E-state index contributed by atoms with van der Waals surface area (Å²) in [5.74, 6) is -0.412. The molecule has 0 saturated heterocycles. The lowest BCUT2D eigenvalue weighted by atomic mass is 9.96. The van der Waals surface area contributed by atoms with E-state index < -0.39 is 0 Å². The molecule has 5 heteroatoms. The highest BCUT2D eigenvalue weighted by atomic mass is 79.9. The van der Waals surface area contributed by atoms with Crippen molar-refractivity contribution < 1.29 is 9.59 Å². The molecule has 0 N–H and O–H groups in total. The third-order valence-electron chi connectivity index (χ3n) is 3.06. The average Bonchev–Trinajstić information content (AvgIpc) is 2.89. The van der Waals surface area contributed by atoms with Crippen LogP contribution in [-0.2, 0) is 0 Å². The van der Waals surface area contributed by atoms with Crippen LogP contribution in [0.5, 0.6) is 0 Å². The number of para-hydroxylation sites is 1. The lowest BCUT2D eigenvalue weighted by Crippen LogP contribution is -2.17. The quantitative estimate of drug-likeness (QED) is 0.812. The number of carbonyl (C=O) groups is 2. The van der Waals surface area contributed by atoms with Crippen molar-refractivity contribution in [2.75, 3.05) is 0 Å². The van der Waals surface area contributed by atoms with Crippen molar-refractivity contribution in [3.63, 3.8) is 0 Å². The van der Waals surface area contributed by atoms with Crippen molar-refractivity contribution in [3.05, 3.63) is 57.8 Å². The molecule has 94 valence electrons. The number of aromatic nitrogens is 2. The molecule has 0 aliphatic heterocycles. The smallest absolute Gasteiger partial charge is 0.221 e. The third-order valence-corrected chi connectivity index (χ3v) is 4.02. The van der Waals surface area contributed by atoms with E-state index in [-0.39, 0.29) is 17.3 Å². The Labute approximate surface area is 117 Å². The fourth-order valence-corrected chi connectivity index (χ4v) is 2.36. The molecule has 1 heterocycles. The van der Waals surface area contributed by atoms with Gasteiger partial charge in [-0.1, -0.05) is 18.2 Å². The number of carbonyl (C=O) groups excluding carboxylic acids is 2. The SMILES string of the molecule is CC1=C(Br)C(=O)c2nn(-c3ccccc3)cc2C1=O. The Hall–Kier alpha value is -2.01. The molecule has 1 aliphatic carbocycles. The van der Waals surface area contributed by atoms with E-state index in [1.54, 1.807) is 17.8 Å². The number of hydrogen-bond donors (Lipinski definition) is 0. The number of nitrogens with zero attached hydrogens (tertiary/aromatic N) is 2. The maximum absolute atomic E-state index is 12.1. The standard InChI is InChI=1S/C14H9BrN2O2/c1-8-11(15)14(19)12-10(13(8)18)7-17(16-12)9-5-3-2-4-6-9/h2-7H,1H3. The van der Waals surface area contributed by atoms with Gasteiger partial charge in [0.2, 0.25) is 5.78 Å². The lowest BCUT2D eigenvalue weighted by molar-refractivity contribution is 0.0980. The van der Waals surface area contributed by atoms with E-state index in [9.17, 15) is 9.59 Å². The van der Waals surface area contributed by atoms with Crippen LogP contribution in [0, 0.1) is 0 Å². The summed E-state index contributed by atoms with van der Waals surface area (Å²) in [6, 6.07) is 9.37. The summed E-state index contributed by atoms with van der Waals surface area (Å²) in [6.07, 6.45) is 1.60. The molecule has 0 bridgehead atoms. The first-order valence-electron chi connectivity index (χ1n) is 5.70. The Bertz CT molecular complexity index is 688. The second-order valence-electron chi connectivity index (χ2n) is 4.27. The van der Waals surface area contributed by atoms with Gasteiger partial charge in [0, 0.05) is 11.8 Å². The van der Waals surface area contributed by atoms with Gasteiger partial charge in [0.25, 0.3) is 0 Å². The molecule has 4 nitrogen and oxygen atoms in total. The zero-order chi connectivity index (χ0) is 13.6. The van der Waals surface area contributed by atoms with E-state index in [0.29, 0.717) is 15.6 Å². The monoisotopic (exact) mass is 316 g/mol. The Morgan fingerprint density at radius 3 is 2.47 bits per heavy atom. The van der Waals surface area contributed by atoms with E-state index in [0.717, 1.165) is 5.69 Å². The molecule has 1 aliphatic rings. The van der Waals surface area contributed by atoms with E-state index >= 15 is 0 Å². The summed E-state index contributed by atoms with van der Waals surface area (Å²) in [5, 5.41) is 4.22. The van der Waals surface area contributed by atoms with Crippen LogP contribution in [0.25, 0.3) is 5.69 Å². The molecule has 2 aromatic rings. The fourth-order valence-electron chi connectivity index (χ4n) is 2.00. The van der Waals surface area contributed by atoms with E-state index in [4.69, 9.17) is 0 Å². The molecule has 0 saturated carbocycles. The zero-order valence-electron chi connectivity index (χ0n) is 10.1. The second kappa shape index (κ2) is 4.28. The molecule has 0 spiro atoms. The number of hydrogen-bond acceptors (Lipinski definition) is 3. The van der Waals surface area contributed by atoms with Gasteiger partial charge in [-0.15, -0.1) is 0 Å². The Morgan fingerprint density at radius 2 is 1.79 bits per heavy atom. The van der Waals surface area contributed by atoms with Crippen LogP contribution in [-0.4, -0.2) is 21.3 Å². The van der Waals surface area contributed by atoms with Crippen LogP contribution in [0.2, 0.25) is 0 Å². The number of fused-ring (bicyclic) bond motifs is 1. The van der Waals surface area contributed by atoms with E-state index in [1.165, 1.54) is 0 Å². The van der Waals surface area contributed by atoms with Crippen molar-refractivity contribution in [1.29, 1.82) is 0 Å². The summed E-state index contributed by atoms with van der Waals surface area (Å²) in [4.78, 5) is 24.2. The predicted molar refractivity (Wildman–Crippen MR) is 73.9 cm³/mol. The minimum Gasteiger partial charge on any atom is -0.289 e. The number of Topliss-reactive ketones (excluding diaryl/α,β-unsaturated/α-hetero) is 2. The Kier molecular flexibility index (Phi) is 2.71. The van der Waals surface area contributed by atoms with Gasteiger partial charge in [0.15, 0.2) is 5.78 Å². The molecular formula is C14H9BrN2O2. The molecule has 1 aromatic carbocycles. The minimum absolute atomic E-state index is 0.163. The van der Waals surface area contributed by atoms with Crippen LogP contribution in [0.3, 0.4) is 0 Å². The van der Waals surface area contributed by atoms with E-state index in [1.807, 2.05) is 30.3 Å². The normalized spacial score (nSPS) is 14.8. The molecule has 19 heavy (non-hydrogen) atoms. The molecule has 0 fully saturated rings. The van der Waals surface area contributed by atoms with Gasteiger partial charge in [-0.05, 0) is 35.0 Å². The summed E-state index contributed by atoms with van der Waals surface area (Å²) in [6.45, 7) is 1.63. The van der Waals surface area contributed by atoms with Gasteiger partial charge in [-0.25, -0.2) is 4.68 Å². The molecule has 0 unspecified atom stereocenters. The zero-order valence-corrected chi connectivity index (χ0v) is 11.6. The topological polar surface area (TPSA) is 52.0 Å². The van der Waals surface area contributed by atoms with Crippen molar-refractivity contribution in [3.8, 4) is 5.69 Å². The molecule has 0 atom stereocenters. The number of halogens is 1. The van der Waals surface area contributed by atoms with Crippen LogP contribution >= 0.6 is 15.9 Å². The highest BCUT2D eigenvalue weighted by Crippen LogP contribution is 2.29. The van der Waals surface area contributed by atoms with Crippen LogP contribution in [0.4, 0.5) is 0 Å². The lowest BCUT2D eigenvalue weighted by Gasteiger charge is -2.09. The number of rotatable bonds is 1. The van der Waals surface area contributed by atoms with Gasteiger partial charge in [0.1, 0.15) is 5.69 Å². The van der Waals surface area contributed by atoms with Gasteiger partial charge in [0.05, 0.1) is 15.7 Å². The molecule has 0 amide bonds. The average molecular weight is 317 g/mol. The number of allylic oxidation sites excluding steroid dienone is 2. The molecule has 0 radical (unpaired) electrons. The minimum atomic E-state index is -0.248. The highest BCUT2D eigenvalue weighted by Gasteiger charge is 2.32. The largest absolute Gasteiger partial charge is 0.289 e. The summed E-state index contributed by atoms with van der Waals surface area (Å²) < 4.78 is 1.85. The molecule has 1 aromatic heterocycles. The highest BCUT2D eigenvalue weighted by molar-refractivity contribution is 9.12. The first-order valence-corrected chi connectivity index (χ1v) is 6.50. The van der Waals surface area contributed by atoms with Crippen molar-refractivity contribution in [2.24, 2.45) is 0 Å². The van der Waals surface area contributed by atoms with Gasteiger partial charge in [-0.2, -0.15) is 5.10 Å². The molecular weight excluding hydrogens is 308 g/mol. The Balaban J connectivity index is 2.17. The van der Waals surface area contributed by atoms with Crippen LogP contribution < -0.4 is 0 Å². The summed E-state index contributed by atoms with van der Waals surface area (Å²) >= 11 is 3.15. The van der Waals surface area contributed by atoms with E-state index in [2.05, 4.69) is 21.0 Å². The summed E-state index contributed by atoms with van der Waals surface area (Å²) in [5.41, 5.74) is 1.79. The third kappa shape index (κ3) is 1.77. The molecule has 3 rings (SSSR count). The maximum atomic E-state index is 12.1. The summed E-state index contributed by atoms with van der Waals surface area (Å²) in [7, 11) is 0. The first-order chi connectivity index (χ1) is 9.09.